The highest BCUT2D eigenvalue weighted by atomic mass is 17.1. The van der Waals surface area contributed by atoms with Crippen LogP contribution in [0.15, 0.2) is 113 Å². The molecule has 0 saturated carbocycles. The van der Waals surface area contributed by atoms with Crippen molar-refractivity contribution in [3.63, 3.8) is 0 Å². The lowest BCUT2D eigenvalue weighted by atomic mass is 9.82. The van der Waals surface area contributed by atoms with Crippen molar-refractivity contribution in [2.24, 2.45) is 15.9 Å². The fraction of sp³-hybridized carbons (Fsp3) is 0.200. The van der Waals surface area contributed by atoms with E-state index in [1.54, 1.807) is 0 Å². The molecule has 2 atom stereocenters. The van der Waals surface area contributed by atoms with E-state index < -0.39 is 6.10 Å². The monoisotopic (exact) mass is 448 g/mol. The van der Waals surface area contributed by atoms with Gasteiger partial charge in [-0.25, -0.2) is 14.9 Å². The second-order valence-corrected chi connectivity index (χ2v) is 8.65. The van der Waals surface area contributed by atoms with Crippen molar-refractivity contribution in [3.05, 3.63) is 119 Å². The Morgan fingerprint density at radius 1 is 0.765 bits per heavy atom. The number of aliphatic imine (C=N–C) groups is 2. The fourth-order valence-corrected chi connectivity index (χ4v) is 4.64. The maximum Gasteiger partial charge on any atom is 0.130 e. The molecule has 5 rings (SSSR count). The molecule has 1 aliphatic carbocycles. The van der Waals surface area contributed by atoms with Crippen LogP contribution in [-0.2, 0) is 4.89 Å². The van der Waals surface area contributed by atoms with Gasteiger partial charge in [0.2, 0.25) is 0 Å². The van der Waals surface area contributed by atoms with E-state index in [2.05, 4.69) is 37.3 Å². The third-order valence-corrected chi connectivity index (χ3v) is 6.37. The van der Waals surface area contributed by atoms with Gasteiger partial charge in [0.25, 0.3) is 0 Å². The SMILES string of the molecule is CCCC[C@@H]1C=C[C@@H](OO)C=C1C1=Nc2ccccc2C(c2ccccc2)=Nc2ccccc21. The van der Waals surface area contributed by atoms with Gasteiger partial charge < -0.3 is 0 Å². The lowest BCUT2D eigenvalue weighted by molar-refractivity contribution is -0.254. The summed E-state index contributed by atoms with van der Waals surface area (Å²) in [6.07, 6.45) is 8.79. The summed E-state index contributed by atoms with van der Waals surface area (Å²) in [7, 11) is 0. The highest BCUT2D eigenvalue weighted by molar-refractivity contribution is 6.22. The number of fused-ring (bicyclic) bond motifs is 2. The molecule has 3 aromatic carbocycles. The number of rotatable bonds is 6. The van der Waals surface area contributed by atoms with E-state index in [-0.39, 0.29) is 5.92 Å². The number of unbranched alkanes of at least 4 members (excludes halogenated alkanes) is 1. The summed E-state index contributed by atoms with van der Waals surface area (Å²) in [4.78, 5) is 15.2. The second-order valence-electron chi connectivity index (χ2n) is 8.65. The molecule has 1 aliphatic heterocycles. The first kappa shape index (κ1) is 22.2. The zero-order chi connectivity index (χ0) is 23.3. The number of hydrogen-bond acceptors (Lipinski definition) is 4. The normalized spacial score (nSPS) is 19.2. The minimum absolute atomic E-state index is 0.197. The van der Waals surface area contributed by atoms with Gasteiger partial charge in [-0.1, -0.05) is 98.6 Å². The van der Waals surface area contributed by atoms with Crippen LogP contribution in [0.5, 0.6) is 0 Å². The van der Waals surface area contributed by atoms with E-state index >= 15 is 0 Å². The molecule has 0 fully saturated rings. The molecule has 0 unspecified atom stereocenters. The van der Waals surface area contributed by atoms with E-state index in [0.717, 1.165) is 64.3 Å². The molecule has 3 aromatic rings. The Kier molecular flexibility index (Phi) is 6.61. The van der Waals surface area contributed by atoms with Gasteiger partial charge in [0, 0.05) is 22.6 Å². The van der Waals surface area contributed by atoms with Crippen LogP contribution in [0.4, 0.5) is 11.4 Å². The third-order valence-electron chi connectivity index (χ3n) is 6.37. The Balaban J connectivity index is 1.73. The molecule has 0 spiro atoms. The smallest absolute Gasteiger partial charge is 0.130 e. The summed E-state index contributed by atoms with van der Waals surface area (Å²) in [5.74, 6) is 0.197. The van der Waals surface area contributed by atoms with Gasteiger partial charge >= 0.3 is 0 Å². The van der Waals surface area contributed by atoms with Crippen molar-refractivity contribution in [2.45, 2.75) is 32.3 Å². The lowest BCUT2D eigenvalue weighted by Crippen LogP contribution is -2.21. The minimum atomic E-state index is -0.494. The average Bonchev–Trinajstić information content (AvgIpc) is 2.89. The molecule has 34 heavy (non-hydrogen) atoms. The summed E-state index contributed by atoms with van der Waals surface area (Å²) in [6.45, 7) is 2.20. The molecule has 4 nitrogen and oxygen atoms in total. The number of hydrogen-bond donors (Lipinski definition) is 1. The van der Waals surface area contributed by atoms with Crippen molar-refractivity contribution in [2.75, 3.05) is 0 Å². The molecule has 4 heteroatoms. The number of nitrogens with zero attached hydrogens (tertiary/aromatic N) is 2. The molecule has 170 valence electrons. The number of para-hydroxylation sites is 2. The first-order chi connectivity index (χ1) is 16.8. The lowest BCUT2D eigenvalue weighted by Gasteiger charge is -2.26. The Bertz CT molecular complexity index is 1290. The van der Waals surface area contributed by atoms with Crippen LogP contribution >= 0.6 is 0 Å². The van der Waals surface area contributed by atoms with Crippen molar-refractivity contribution in [1.82, 2.24) is 0 Å². The van der Waals surface area contributed by atoms with Gasteiger partial charge in [0.05, 0.1) is 22.8 Å². The first-order valence-electron chi connectivity index (χ1n) is 11.9. The molecule has 2 aliphatic rings. The highest BCUT2D eigenvalue weighted by Gasteiger charge is 2.27. The van der Waals surface area contributed by atoms with Gasteiger partial charge in [-0.05, 0) is 30.2 Å². The van der Waals surface area contributed by atoms with Crippen LogP contribution in [0, 0.1) is 5.92 Å². The van der Waals surface area contributed by atoms with Crippen molar-refractivity contribution in [3.8, 4) is 0 Å². The molecular weight excluding hydrogens is 420 g/mol. The highest BCUT2D eigenvalue weighted by Crippen LogP contribution is 2.36. The molecule has 1 N–H and O–H groups in total. The van der Waals surface area contributed by atoms with Crippen molar-refractivity contribution in [1.29, 1.82) is 0 Å². The maximum absolute atomic E-state index is 9.43. The van der Waals surface area contributed by atoms with Crippen molar-refractivity contribution >= 4 is 22.8 Å². The zero-order valence-corrected chi connectivity index (χ0v) is 19.3. The standard InChI is InChI=1S/C30H28N2O2/c1-2-3-11-21-18-19-23(34-33)20-26(21)30-25-15-8-10-17-28(25)31-29(22-12-5-4-6-13-22)24-14-7-9-16-27(24)32-30/h4-10,12-21,23,33H,2-3,11H2,1H3/t21-,23-/m1/s1. The number of benzene rings is 3. The summed E-state index contributed by atoms with van der Waals surface area (Å²) in [5.41, 5.74) is 7.63. The van der Waals surface area contributed by atoms with E-state index in [9.17, 15) is 5.26 Å². The fourth-order valence-electron chi connectivity index (χ4n) is 4.64. The van der Waals surface area contributed by atoms with Gasteiger partial charge in [0.1, 0.15) is 6.10 Å². The molecule has 0 aromatic heterocycles. The molecule has 0 saturated heterocycles. The van der Waals surface area contributed by atoms with Gasteiger partial charge in [-0.15, -0.1) is 0 Å². The molecule has 0 bridgehead atoms. The Morgan fingerprint density at radius 2 is 1.38 bits per heavy atom. The Labute approximate surface area is 200 Å². The topological polar surface area (TPSA) is 54.2 Å². The Morgan fingerprint density at radius 3 is 2.06 bits per heavy atom. The predicted molar refractivity (Wildman–Crippen MR) is 139 cm³/mol. The third kappa shape index (κ3) is 4.43. The minimum Gasteiger partial charge on any atom is -0.251 e. The van der Waals surface area contributed by atoms with Crippen molar-refractivity contribution < 1.29 is 10.1 Å². The summed E-state index contributed by atoms with van der Waals surface area (Å²) in [5, 5.41) is 9.43. The van der Waals surface area contributed by atoms with Crippen LogP contribution in [0.25, 0.3) is 0 Å². The summed E-state index contributed by atoms with van der Waals surface area (Å²) < 4.78 is 0. The zero-order valence-electron chi connectivity index (χ0n) is 19.3. The first-order valence-corrected chi connectivity index (χ1v) is 11.9. The van der Waals surface area contributed by atoms with Crippen LogP contribution in [0.2, 0.25) is 0 Å². The molecular formula is C30H28N2O2. The van der Waals surface area contributed by atoms with E-state index in [4.69, 9.17) is 14.9 Å². The Hall–Kier alpha value is -3.60. The van der Waals surface area contributed by atoms with E-state index in [0.29, 0.717) is 0 Å². The van der Waals surface area contributed by atoms with Crippen LogP contribution < -0.4 is 0 Å². The van der Waals surface area contributed by atoms with Crippen LogP contribution in [-0.4, -0.2) is 22.8 Å². The second kappa shape index (κ2) is 10.1. The van der Waals surface area contributed by atoms with Crippen LogP contribution in [0.3, 0.4) is 0 Å². The quantitative estimate of drug-likeness (QED) is 0.242. The average molecular weight is 449 g/mol. The van der Waals surface area contributed by atoms with Gasteiger partial charge in [0.15, 0.2) is 0 Å². The summed E-state index contributed by atoms with van der Waals surface area (Å²) >= 11 is 0. The molecule has 1 heterocycles. The van der Waals surface area contributed by atoms with Crippen LogP contribution in [0.1, 0.15) is 42.9 Å². The van der Waals surface area contributed by atoms with Gasteiger partial charge in [-0.2, -0.15) is 0 Å². The largest absolute Gasteiger partial charge is 0.251 e. The van der Waals surface area contributed by atoms with E-state index in [1.807, 2.05) is 66.7 Å². The maximum atomic E-state index is 9.43. The molecule has 0 radical (unpaired) electrons. The number of allylic oxidation sites excluding steroid dienone is 2. The van der Waals surface area contributed by atoms with Gasteiger partial charge in [-0.3, -0.25) is 5.26 Å². The summed E-state index contributed by atoms with van der Waals surface area (Å²) in [6, 6.07) is 26.6. The molecule has 0 amide bonds. The predicted octanol–water partition coefficient (Wildman–Crippen LogP) is 7.45. The van der Waals surface area contributed by atoms with E-state index in [1.165, 1.54) is 0 Å².